The van der Waals surface area contributed by atoms with Gasteiger partial charge < -0.3 is 10.1 Å². The maximum Gasteiger partial charge on any atom is 0.264 e. The molecule has 4 rings (SSSR count). The van der Waals surface area contributed by atoms with Crippen LogP contribution in [0.5, 0.6) is 5.75 Å². The molecule has 31 heavy (non-hydrogen) atoms. The summed E-state index contributed by atoms with van der Waals surface area (Å²) in [4.78, 5) is 29.8. The van der Waals surface area contributed by atoms with Crippen LogP contribution >= 0.6 is 11.3 Å². The lowest BCUT2D eigenvalue weighted by Crippen LogP contribution is -2.20. The number of hydrogen-bond acceptors (Lipinski definition) is 5. The number of carbonyl (C=O) groups excluding carboxylic acids is 2. The Morgan fingerprint density at radius 1 is 1.10 bits per heavy atom. The fourth-order valence-corrected chi connectivity index (χ4v) is 4.11. The molecule has 1 aromatic heterocycles. The van der Waals surface area contributed by atoms with E-state index in [4.69, 9.17) is 4.74 Å². The number of amides is 2. The first-order chi connectivity index (χ1) is 15.0. The minimum Gasteiger partial charge on any atom is -0.484 e. The predicted molar refractivity (Wildman–Crippen MR) is 123 cm³/mol. The SMILES string of the molecule is Cc1ccc(Cc2sc(NC(=O)COc3cccc(NC(=O)C4CC4)c3)nc2C)cc1. The molecule has 1 aliphatic carbocycles. The highest BCUT2D eigenvalue weighted by Crippen LogP contribution is 2.30. The van der Waals surface area contributed by atoms with Gasteiger partial charge in [0.2, 0.25) is 5.91 Å². The monoisotopic (exact) mass is 435 g/mol. The average molecular weight is 436 g/mol. The van der Waals surface area contributed by atoms with Crippen LogP contribution in [0.4, 0.5) is 10.8 Å². The third kappa shape index (κ3) is 5.92. The topological polar surface area (TPSA) is 80.3 Å². The molecule has 0 radical (unpaired) electrons. The molecule has 2 aromatic carbocycles. The molecule has 0 bridgehead atoms. The minimum atomic E-state index is -0.275. The number of rotatable bonds is 8. The summed E-state index contributed by atoms with van der Waals surface area (Å²) in [5, 5.41) is 6.26. The van der Waals surface area contributed by atoms with Crippen LogP contribution in [0.25, 0.3) is 0 Å². The third-order valence-electron chi connectivity index (χ3n) is 5.04. The average Bonchev–Trinajstić information content (AvgIpc) is 3.54. The Morgan fingerprint density at radius 3 is 2.61 bits per heavy atom. The van der Waals surface area contributed by atoms with Gasteiger partial charge in [-0.25, -0.2) is 4.98 Å². The zero-order chi connectivity index (χ0) is 21.8. The fraction of sp³-hybridized carbons (Fsp3) is 0.292. The summed E-state index contributed by atoms with van der Waals surface area (Å²) >= 11 is 1.48. The van der Waals surface area contributed by atoms with Gasteiger partial charge in [0.1, 0.15) is 5.75 Å². The summed E-state index contributed by atoms with van der Waals surface area (Å²) in [6.45, 7) is 3.89. The van der Waals surface area contributed by atoms with Crippen molar-refractivity contribution in [3.63, 3.8) is 0 Å². The van der Waals surface area contributed by atoms with Gasteiger partial charge in [0.25, 0.3) is 5.91 Å². The van der Waals surface area contributed by atoms with Crippen molar-refractivity contribution in [3.05, 3.63) is 70.2 Å². The Kier molecular flexibility index (Phi) is 6.32. The van der Waals surface area contributed by atoms with Crippen LogP contribution in [0.1, 0.15) is 34.5 Å². The van der Waals surface area contributed by atoms with Crippen molar-refractivity contribution in [1.29, 1.82) is 0 Å². The van der Waals surface area contributed by atoms with Gasteiger partial charge in [-0.05, 0) is 44.4 Å². The maximum absolute atomic E-state index is 12.3. The van der Waals surface area contributed by atoms with Gasteiger partial charge in [-0.3, -0.25) is 14.9 Å². The second kappa shape index (κ2) is 9.31. The van der Waals surface area contributed by atoms with Gasteiger partial charge in [0, 0.05) is 29.0 Å². The zero-order valence-electron chi connectivity index (χ0n) is 17.6. The van der Waals surface area contributed by atoms with E-state index < -0.39 is 0 Å². The molecule has 0 atom stereocenters. The molecule has 1 heterocycles. The van der Waals surface area contributed by atoms with E-state index in [-0.39, 0.29) is 24.3 Å². The third-order valence-corrected chi connectivity index (χ3v) is 6.12. The lowest BCUT2D eigenvalue weighted by atomic mass is 10.1. The molecule has 7 heteroatoms. The molecule has 3 aromatic rings. The predicted octanol–water partition coefficient (Wildman–Crippen LogP) is 4.72. The molecule has 1 saturated carbocycles. The molecule has 2 N–H and O–H groups in total. The molecular weight excluding hydrogens is 410 g/mol. The molecular formula is C24H25N3O3S. The first-order valence-corrected chi connectivity index (χ1v) is 11.1. The van der Waals surface area contributed by atoms with E-state index in [9.17, 15) is 9.59 Å². The summed E-state index contributed by atoms with van der Waals surface area (Å²) in [5.74, 6) is 0.422. The van der Waals surface area contributed by atoms with Crippen LogP contribution in [0.15, 0.2) is 48.5 Å². The van der Waals surface area contributed by atoms with E-state index in [1.54, 1.807) is 24.3 Å². The molecule has 1 aliphatic rings. The largest absolute Gasteiger partial charge is 0.484 e. The number of nitrogens with zero attached hydrogens (tertiary/aromatic N) is 1. The molecule has 6 nitrogen and oxygen atoms in total. The van der Waals surface area contributed by atoms with Crippen molar-refractivity contribution < 1.29 is 14.3 Å². The van der Waals surface area contributed by atoms with Gasteiger partial charge in [-0.15, -0.1) is 11.3 Å². The van der Waals surface area contributed by atoms with E-state index in [1.165, 1.54) is 22.5 Å². The van der Waals surface area contributed by atoms with Crippen LogP contribution in [-0.2, 0) is 16.0 Å². The molecule has 0 unspecified atom stereocenters. The van der Waals surface area contributed by atoms with Gasteiger partial charge in [-0.1, -0.05) is 35.9 Å². The van der Waals surface area contributed by atoms with Gasteiger partial charge in [-0.2, -0.15) is 0 Å². The zero-order valence-corrected chi connectivity index (χ0v) is 18.4. The number of thiazole rings is 1. The Labute approximate surface area is 185 Å². The van der Waals surface area contributed by atoms with Crippen LogP contribution < -0.4 is 15.4 Å². The maximum atomic E-state index is 12.3. The highest BCUT2D eigenvalue weighted by atomic mass is 32.1. The Bertz CT molecular complexity index is 1090. The normalized spacial score (nSPS) is 13.0. The number of nitrogens with one attached hydrogen (secondary N) is 2. The fourth-order valence-electron chi connectivity index (χ4n) is 3.09. The van der Waals surface area contributed by atoms with Crippen LogP contribution in [0, 0.1) is 19.8 Å². The minimum absolute atomic E-state index is 0.0375. The molecule has 160 valence electrons. The second-order valence-corrected chi connectivity index (χ2v) is 8.90. The summed E-state index contributed by atoms with van der Waals surface area (Å²) in [5.41, 5.74) is 4.03. The Morgan fingerprint density at radius 2 is 1.87 bits per heavy atom. The molecule has 0 saturated heterocycles. The Hall–Kier alpha value is -3.19. The lowest BCUT2D eigenvalue weighted by Gasteiger charge is -2.08. The van der Waals surface area contributed by atoms with E-state index in [2.05, 4.69) is 46.8 Å². The van der Waals surface area contributed by atoms with E-state index >= 15 is 0 Å². The number of aryl methyl sites for hydroxylation is 2. The van der Waals surface area contributed by atoms with E-state index in [0.29, 0.717) is 16.6 Å². The molecule has 0 aliphatic heterocycles. The summed E-state index contributed by atoms with van der Waals surface area (Å²) < 4.78 is 5.60. The smallest absolute Gasteiger partial charge is 0.264 e. The number of benzene rings is 2. The van der Waals surface area contributed by atoms with Gasteiger partial charge in [0.05, 0.1) is 5.69 Å². The summed E-state index contributed by atoms with van der Waals surface area (Å²) in [7, 11) is 0. The first-order valence-electron chi connectivity index (χ1n) is 10.3. The number of hydrogen-bond donors (Lipinski definition) is 2. The highest BCUT2D eigenvalue weighted by molar-refractivity contribution is 7.15. The van der Waals surface area contributed by atoms with Crippen molar-refractivity contribution in [2.24, 2.45) is 5.92 Å². The van der Waals surface area contributed by atoms with Crippen LogP contribution in [0.3, 0.4) is 0 Å². The first kappa shape index (κ1) is 21.1. The van der Waals surface area contributed by atoms with Crippen LogP contribution in [-0.4, -0.2) is 23.4 Å². The highest BCUT2D eigenvalue weighted by Gasteiger charge is 2.29. The van der Waals surface area contributed by atoms with Crippen molar-refractivity contribution in [3.8, 4) is 5.75 Å². The number of carbonyl (C=O) groups is 2. The summed E-state index contributed by atoms with van der Waals surface area (Å²) in [6, 6.07) is 15.5. The standard InChI is InChI=1S/C24H25N3O3S/c1-15-6-8-17(9-7-15)12-21-16(2)25-24(31-21)27-22(28)14-30-20-5-3-4-19(13-20)26-23(29)18-10-11-18/h3-9,13,18H,10-12,14H2,1-2H3,(H,26,29)(H,25,27,28). The molecule has 1 fully saturated rings. The van der Waals surface area contributed by atoms with E-state index in [0.717, 1.165) is 29.8 Å². The van der Waals surface area contributed by atoms with Gasteiger partial charge >= 0.3 is 0 Å². The van der Waals surface area contributed by atoms with Crippen LogP contribution in [0.2, 0.25) is 0 Å². The number of anilines is 2. The second-order valence-electron chi connectivity index (χ2n) is 7.82. The van der Waals surface area contributed by atoms with Gasteiger partial charge in [0.15, 0.2) is 11.7 Å². The number of aromatic nitrogens is 1. The van der Waals surface area contributed by atoms with Crippen molar-refractivity contribution in [2.75, 3.05) is 17.2 Å². The van der Waals surface area contributed by atoms with E-state index in [1.807, 2.05) is 6.92 Å². The molecule has 2 amide bonds. The number of ether oxygens (including phenoxy) is 1. The molecule has 0 spiro atoms. The summed E-state index contributed by atoms with van der Waals surface area (Å²) in [6.07, 6.45) is 2.69. The van der Waals surface area contributed by atoms with Crippen molar-refractivity contribution in [2.45, 2.75) is 33.1 Å². The quantitative estimate of drug-likeness (QED) is 0.537. The van der Waals surface area contributed by atoms with Crippen molar-refractivity contribution >= 4 is 34.0 Å². The van der Waals surface area contributed by atoms with Crippen molar-refractivity contribution in [1.82, 2.24) is 4.98 Å². The Balaban J connectivity index is 1.30. The lowest BCUT2D eigenvalue weighted by molar-refractivity contribution is -0.118.